The molecule has 3 rings (SSSR count). The number of hydrogen-bond acceptors (Lipinski definition) is 4. The van der Waals surface area contributed by atoms with E-state index in [0.29, 0.717) is 13.1 Å². The van der Waals surface area contributed by atoms with E-state index in [1.165, 1.54) is 19.2 Å². The quantitative estimate of drug-likeness (QED) is 0.765. The maximum absolute atomic E-state index is 13.2. The number of halogens is 1. The summed E-state index contributed by atoms with van der Waals surface area (Å²) >= 11 is 0. The van der Waals surface area contributed by atoms with Gasteiger partial charge in [0.05, 0.1) is 18.9 Å². The van der Waals surface area contributed by atoms with Crippen molar-refractivity contribution in [3.63, 3.8) is 0 Å². The van der Waals surface area contributed by atoms with Crippen LogP contribution in [0.3, 0.4) is 0 Å². The molecule has 3 atom stereocenters. The molecule has 2 aliphatic heterocycles. The Kier molecular flexibility index (Phi) is 4.74. The lowest BCUT2D eigenvalue weighted by atomic mass is 9.89. The number of ether oxygens (including phenoxy) is 1. The minimum Gasteiger partial charge on any atom is -0.469 e. The predicted octanol–water partition coefficient (Wildman–Crippen LogP) is 1.02. The summed E-state index contributed by atoms with van der Waals surface area (Å²) in [6, 6.07) is 5.96. The van der Waals surface area contributed by atoms with Crippen LogP contribution >= 0.6 is 0 Å². The molecule has 2 amide bonds. The number of likely N-dealkylation sites (tertiary alicyclic amines) is 2. The van der Waals surface area contributed by atoms with Crippen LogP contribution in [-0.2, 0) is 19.1 Å². The van der Waals surface area contributed by atoms with Gasteiger partial charge in [-0.2, -0.15) is 0 Å². The fraction of sp³-hybridized carbons (Fsp3) is 0.500. The highest BCUT2D eigenvalue weighted by Crippen LogP contribution is 2.35. The van der Waals surface area contributed by atoms with Crippen LogP contribution in [0.4, 0.5) is 4.39 Å². The maximum Gasteiger partial charge on any atom is 0.311 e. The van der Waals surface area contributed by atoms with Crippen LogP contribution in [0.5, 0.6) is 0 Å². The molecule has 1 aromatic carbocycles. The fourth-order valence-electron chi connectivity index (χ4n) is 3.71. The fourth-order valence-corrected chi connectivity index (χ4v) is 3.71. The summed E-state index contributed by atoms with van der Waals surface area (Å²) in [7, 11) is 3.00. The van der Waals surface area contributed by atoms with Gasteiger partial charge in [-0.15, -0.1) is 0 Å². The van der Waals surface area contributed by atoms with Gasteiger partial charge in [0, 0.05) is 39.0 Å². The van der Waals surface area contributed by atoms with Gasteiger partial charge in [-0.05, 0) is 17.7 Å². The van der Waals surface area contributed by atoms with Gasteiger partial charge in [-0.3, -0.25) is 14.4 Å². The molecule has 0 saturated carbocycles. The first-order valence-corrected chi connectivity index (χ1v) is 8.26. The number of benzene rings is 1. The molecule has 0 spiro atoms. The summed E-state index contributed by atoms with van der Waals surface area (Å²) in [6.07, 6.45) is 0.204. The van der Waals surface area contributed by atoms with Crippen LogP contribution in [-0.4, -0.2) is 61.4 Å². The third-order valence-electron chi connectivity index (χ3n) is 5.12. The van der Waals surface area contributed by atoms with Gasteiger partial charge in [0.1, 0.15) is 5.82 Å². The summed E-state index contributed by atoms with van der Waals surface area (Å²) in [5, 5.41) is 0. The molecular formula is C18H21FN2O4. The molecule has 0 N–H and O–H groups in total. The first-order chi connectivity index (χ1) is 11.9. The highest BCUT2D eigenvalue weighted by molar-refractivity contribution is 5.90. The number of carbonyl (C=O) groups excluding carboxylic acids is 3. The molecule has 2 fully saturated rings. The molecule has 134 valence electrons. The number of nitrogens with zero attached hydrogens (tertiary/aromatic N) is 2. The van der Waals surface area contributed by atoms with Crippen LogP contribution in [0.25, 0.3) is 0 Å². The molecular weight excluding hydrogens is 327 g/mol. The van der Waals surface area contributed by atoms with E-state index in [1.807, 2.05) is 0 Å². The average Bonchev–Trinajstić information content (AvgIpc) is 3.19. The summed E-state index contributed by atoms with van der Waals surface area (Å²) in [4.78, 5) is 39.8. The van der Waals surface area contributed by atoms with Crippen molar-refractivity contribution in [3.05, 3.63) is 35.6 Å². The van der Waals surface area contributed by atoms with E-state index in [0.717, 1.165) is 5.56 Å². The van der Waals surface area contributed by atoms with Crippen molar-refractivity contribution in [2.24, 2.45) is 11.8 Å². The lowest BCUT2D eigenvalue weighted by molar-refractivity contribution is -0.145. The van der Waals surface area contributed by atoms with Crippen molar-refractivity contribution in [3.8, 4) is 0 Å². The van der Waals surface area contributed by atoms with Gasteiger partial charge in [-0.1, -0.05) is 12.1 Å². The van der Waals surface area contributed by atoms with Crippen molar-refractivity contribution < 1.29 is 23.5 Å². The second-order valence-electron chi connectivity index (χ2n) is 6.71. The van der Waals surface area contributed by atoms with E-state index >= 15 is 0 Å². The Morgan fingerprint density at radius 1 is 1.16 bits per heavy atom. The normalized spacial score (nSPS) is 26.2. The summed E-state index contributed by atoms with van der Waals surface area (Å²) in [5.74, 6) is -2.00. The molecule has 0 bridgehead atoms. The second-order valence-corrected chi connectivity index (χ2v) is 6.71. The Balaban J connectivity index is 1.79. The van der Waals surface area contributed by atoms with Gasteiger partial charge in [0.2, 0.25) is 11.8 Å². The van der Waals surface area contributed by atoms with E-state index in [-0.39, 0.29) is 48.4 Å². The Hall–Kier alpha value is -2.44. The van der Waals surface area contributed by atoms with E-state index < -0.39 is 5.92 Å². The van der Waals surface area contributed by atoms with Gasteiger partial charge in [0.25, 0.3) is 0 Å². The number of methoxy groups -OCH3 is 1. The zero-order chi connectivity index (χ0) is 18.1. The van der Waals surface area contributed by atoms with Crippen LogP contribution in [0.2, 0.25) is 0 Å². The highest BCUT2D eigenvalue weighted by atomic mass is 19.1. The standard InChI is InChI=1S/C18H21FN2O4/c1-20-8-12(7-16(20)22)17(23)21-9-14(15(10-21)18(24)25-2)11-3-5-13(19)6-4-11/h3-6,12,14-15H,7-10H2,1-2H3/t12-,14+,15-/m0/s1. The van der Waals surface area contributed by atoms with Gasteiger partial charge in [0.15, 0.2) is 0 Å². The number of amides is 2. The van der Waals surface area contributed by atoms with E-state index in [9.17, 15) is 18.8 Å². The van der Waals surface area contributed by atoms with Gasteiger partial charge < -0.3 is 14.5 Å². The third kappa shape index (κ3) is 3.36. The predicted molar refractivity (Wildman–Crippen MR) is 87.0 cm³/mol. The molecule has 0 aliphatic carbocycles. The van der Waals surface area contributed by atoms with Crippen LogP contribution in [0.15, 0.2) is 24.3 Å². The van der Waals surface area contributed by atoms with Gasteiger partial charge in [-0.25, -0.2) is 4.39 Å². The zero-order valence-electron chi connectivity index (χ0n) is 14.3. The molecule has 0 unspecified atom stereocenters. The van der Waals surface area contributed by atoms with Crippen molar-refractivity contribution in [1.82, 2.24) is 9.80 Å². The minimum atomic E-state index is -0.491. The lowest BCUT2D eigenvalue weighted by Crippen LogP contribution is -2.36. The molecule has 0 aromatic heterocycles. The van der Waals surface area contributed by atoms with Crippen molar-refractivity contribution in [2.75, 3.05) is 33.8 Å². The molecule has 25 heavy (non-hydrogen) atoms. The Morgan fingerprint density at radius 3 is 2.40 bits per heavy atom. The summed E-state index contributed by atoms with van der Waals surface area (Å²) < 4.78 is 18.1. The number of carbonyl (C=O) groups is 3. The van der Waals surface area contributed by atoms with Crippen LogP contribution < -0.4 is 0 Å². The van der Waals surface area contributed by atoms with E-state index in [2.05, 4.69) is 0 Å². The molecule has 0 radical (unpaired) electrons. The highest BCUT2D eigenvalue weighted by Gasteiger charge is 2.44. The maximum atomic E-state index is 13.2. The van der Waals surface area contributed by atoms with Gasteiger partial charge >= 0.3 is 5.97 Å². The molecule has 2 heterocycles. The number of esters is 1. The van der Waals surface area contributed by atoms with Crippen LogP contribution in [0.1, 0.15) is 17.9 Å². The topological polar surface area (TPSA) is 66.9 Å². The Labute approximate surface area is 145 Å². The monoisotopic (exact) mass is 348 g/mol. The summed E-state index contributed by atoms with van der Waals surface area (Å²) in [5.41, 5.74) is 0.798. The second kappa shape index (κ2) is 6.82. The first kappa shape index (κ1) is 17.4. The Morgan fingerprint density at radius 2 is 1.84 bits per heavy atom. The molecule has 7 heteroatoms. The lowest BCUT2D eigenvalue weighted by Gasteiger charge is -2.20. The molecule has 6 nitrogen and oxygen atoms in total. The number of hydrogen-bond donors (Lipinski definition) is 0. The zero-order valence-corrected chi connectivity index (χ0v) is 14.3. The van der Waals surface area contributed by atoms with Crippen molar-refractivity contribution in [1.29, 1.82) is 0 Å². The third-order valence-corrected chi connectivity index (χ3v) is 5.12. The molecule has 2 saturated heterocycles. The first-order valence-electron chi connectivity index (χ1n) is 8.26. The molecule has 1 aromatic rings. The largest absolute Gasteiger partial charge is 0.469 e. The Bertz CT molecular complexity index is 691. The summed E-state index contributed by atoms with van der Waals surface area (Å²) in [6.45, 7) is 1.01. The van der Waals surface area contributed by atoms with E-state index in [4.69, 9.17) is 4.74 Å². The van der Waals surface area contributed by atoms with Crippen molar-refractivity contribution in [2.45, 2.75) is 12.3 Å². The average molecular weight is 348 g/mol. The van der Waals surface area contributed by atoms with E-state index in [1.54, 1.807) is 29.0 Å². The number of rotatable bonds is 3. The van der Waals surface area contributed by atoms with Crippen LogP contribution in [0, 0.1) is 17.7 Å². The SMILES string of the molecule is COC(=O)[C@H]1CN(C(=O)[C@H]2CC(=O)N(C)C2)C[C@@H]1c1ccc(F)cc1. The smallest absolute Gasteiger partial charge is 0.311 e. The molecule has 2 aliphatic rings. The minimum absolute atomic E-state index is 0.0443. The van der Waals surface area contributed by atoms with Crippen molar-refractivity contribution >= 4 is 17.8 Å².